The second-order valence-electron chi connectivity index (χ2n) is 5.11. The normalized spacial score (nSPS) is 11.1. The van der Waals surface area contributed by atoms with E-state index in [4.69, 9.17) is 0 Å². The Morgan fingerprint density at radius 2 is 2.05 bits per heavy atom. The molecule has 0 saturated heterocycles. The molecule has 5 heteroatoms. The van der Waals surface area contributed by atoms with Crippen LogP contribution in [0.5, 0.6) is 0 Å². The number of nitrogens with one attached hydrogen (secondary N) is 2. The maximum Gasteiger partial charge on any atom is 0.224 e. The molecule has 1 heterocycles. The quantitative estimate of drug-likeness (QED) is 0.707. The summed E-state index contributed by atoms with van der Waals surface area (Å²) in [5.74, 6) is 1.62. The van der Waals surface area contributed by atoms with E-state index in [-0.39, 0.29) is 0 Å². The number of hydrogen-bond donors (Lipinski definition) is 2. The molecule has 0 unspecified atom stereocenters. The maximum absolute atomic E-state index is 4.47. The number of nitrogens with zero attached hydrogens (tertiary/aromatic N) is 3. The summed E-state index contributed by atoms with van der Waals surface area (Å²) in [7, 11) is 2.16. The summed E-state index contributed by atoms with van der Waals surface area (Å²) in [6.45, 7) is 11.3. The smallest absolute Gasteiger partial charge is 0.224 e. The first-order valence-electron chi connectivity index (χ1n) is 7.06. The average Bonchev–Trinajstić information content (AvgIpc) is 2.38. The van der Waals surface area contributed by atoms with Crippen molar-refractivity contribution in [1.82, 2.24) is 14.9 Å². The molecule has 0 atom stereocenters. The summed E-state index contributed by atoms with van der Waals surface area (Å²) < 4.78 is 0. The van der Waals surface area contributed by atoms with Gasteiger partial charge in [-0.2, -0.15) is 4.98 Å². The second-order valence-corrected chi connectivity index (χ2v) is 5.11. The number of aryl methyl sites for hydroxylation is 1. The van der Waals surface area contributed by atoms with Crippen LogP contribution in [-0.2, 0) is 0 Å². The minimum absolute atomic E-state index is 0.598. The molecule has 2 N–H and O–H groups in total. The topological polar surface area (TPSA) is 53.1 Å². The third-order valence-corrected chi connectivity index (χ3v) is 3.17. The van der Waals surface area contributed by atoms with Crippen LogP contribution in [0.4, 0.5) is 11.8 Å². The summed E-state index contributed by atoms with van der Waals surface area (Å²) in [5.41, 5.74) is 1.08. The van der Waals surface area contributed by atoms with Gasteiger partial charge < -0.3 is 15.5 Å². The summed E-state index contributed by atoms with van der Waals surface area (Å²) >= 11 is 0. The molecule has 5 nitrogen and oxygen atoms in total. The molecule has 108 valence electrons. The molecule has 0 saturated carbocycles. The number of rotatable bonds is 8. The van der Waals surface area contributed by atoms with Crippen molar-refractivity contribution in [2.45, 2.75) is 40.2 Å². The van der Waals surface area contributed by atoms with Crippen molar-refractivity contribution >= 4 is 11.8 Å². The standard InChI is InChI=1S/C14H27N5/c1-6-15-14-17-10-12(4)13(18-14)16-8-7-9-19(5)11(2)3/h10-11H,6-9H2,1-5H3,(H2,15,16,17,18). The predicted octanol–water partition coefficient (Wildman–Crippen LogP) is 2.36. The highest BCUT2D eigenvalue weighted by molar-refractivity contribution is 5.46. The van der Waals surface area contributed by atoms with Gasteiger partial charge in [-0.05, 0) is 47.7 Å². The van der Waals surface area contributed by atoms with Gasteiger partial charge in [-0.25, -0.2) is 4.98 Å². The van der Waals surface area contributed by atoms with E-state index in [9.17, 15) is 0 Å². The first-order valence-corrected chi connectivity index (χ1v) is 7.06. The van der Waals surface area contributed by atoms with Crippen LogP contribution < -0.4 is 10.6 Å². The van der Waals surface area contributed by atoms with Crippen molar-refractivity contribution in [3.05, 3.63) is 11.8 Å². The van der Waals surface area contributed by atoms with Gasteiger partial charge in [-0.3, -0.25) is 0 Å². The molecule has 0 amide bonds. The van der Waals surface area contributed by atoms with E-state index in [2.05, 4.69) is 46.4 Å². The minimum atomic E-state index is 0.598. The lowest BCUT2D eigenvalue weighted by Crippen LogP contribution is -2.28. The van der Waals surface area contributed by atoms with Crippen molar-refractivity contribution in [2.24, 2.45) is 0 Å². The lowest BCUT2D eigenvalue weighted by atomic mass is 10.3. The van der Waals surface area contributed by atoms with Gasteiger partial charge in [-0.1, -0.05) is 0 Å². The third-order valence-electron chi connectivity index (χ3n) is 3.17. The van der Waals surface area contributed by atoms with Gasteiger partial charge in [0.15, 0.2) is 0 Å². The molecule has 19 heavy (non-hydrogen) atoms. The van der Waals surface area contributed by atoms with Crippen LogP contribution in [0.3, 0.4) is 0 Å². The van der Waals surface area contributed by atoms with E-state index in [1.165, 1.54) is 0 Å². The van der Waals surface area contributed by atoms with Crippen LogP contribution >= 0.6 is 0 Å². The van der Waals surface area contributed by atoms with Gasteiger partial charge in [0.2, 0.25) is 5.95 Å². The zero-order chi connectivity index (χ0) is 14.3. The van der Waals surface area contributed by atoms with Crippen molar-refractivity contribution in [3.8, 4) is 0 Å². The van der Waals surface area contributed by atoms with E-state index >= 15 is 0 Å². The average molecular weight is 265 g/mol. The van der Waals surface area contributed by atoms with Crippen molar-refractivity contribution < 1.29 is 0 Å². The summed E-state index contributed by atoms with van der Waals surface area (Å²) in [5, 5.41) is 6.52. The molecule has 0 spiro atoms. The highest BCUT2D eigenvalue weighted by atomic mass is 15.1. The van der Waals surface area contributed by atoms with E-state index in [1.807, 2.05) is 20.0 Å². The monoisotopic (exact) mass is 265 g/mol. The Hall–Kier alpha value is -1.36. The summed E-state index contributed by atoms with van der Waals surface area (Å²) in [6, 6.07) is 0.598. The highest BCUT2D eigenvalue weighted by Crippen LogP contribution is 2.12. The number of hydrogen-bond acceptors (Lipinski definition) is 5. The lowest BCUT2D eigenvalue weighted by molar-refractivity contribution is 0.273. The van der Waals surface area contributed by atoms with E-state index in [1.54, 1.807) is 0 Å². The molecule has 1 rings (SSSR count). The first-order chi connectivity index (χ1) is 9.04. The minimum Gasteiger partial charge on any atom is -0.370 e. The number of aromatic nitrogens is 2. The zero-order valence-corrected chi connectivity index (χ0v) is 12.8. The van der Waals surface area contributed by atoms with Crippen LogP contribution in [0, 0.1) is 6.92 Å². The molecule has 0 fully saturated rings. The Bertz CT molecular complexity index is 378. The molecule has 1 aromatic rings. The molecule has 0 aromatic carbocycles. The molecule has 0 aliphatic rings. The van der Waals surface area contributed by atoms with E-state index in [0.29, 0.717) is 12.0 Å². The van der Waals surface area contributed by atoms with Crippen LogP contribution in [0.1, 0.15) is 32.8 Å². The largest absolute Gasteiger partial charge is 0.370 e. The number of anilines is 2. The van der Waals surface area contributed by atoms with Gasteiger partial charge in [0.1, 0.15) is 5.82 Å². The highest BCUT2D eigenvalue weighted by Gasteiger charge is 2.04. The molecule has 0 aliphatic heterocycles. The van der Waals surface area contributed by atoms with Gasteiger partial charge in [-0.15, -0.1) is 0 Å². The molecule has 1 aromatic heterocycles. The van der Waals surface area contributed by atoms with E-state index in [0.717, 1.165) is 37.4 Å². The van der Waals surface area contributed by atoms with Gasteiger partial charge >= 0.3 is 0 Å². The van der Waals surface area contributed by atoms with Crippen LogP contribution in [-0.4, -0.2) is 47.6 Å². The molecule has 0 radical (unpaired) electrons. The predicted molar refractivity (Wildman–Crippen MR) is 81.8 cm³/mol. The van der Waals surface area contributed by atoms with E-state index < -0.39 is 0 Å². The second kappa shape index (κ2) is 7.94. The lowest BCUT2D eigenvalue weighted by Gasteiger charge is -2.20. The Labute approximate surface area is 116 Å². The fraction of sp³-hybridized carbons (Fsp3) is 0.714. The fourth-order valence-electron chi connectivity index (χ4n) is 1.66. The third kappa shape index (κ3) is 5.42. The molecule has 0 aliphatic carbocycles. The van der Waals surface area contributed by atoms with Crippen molar-refractivity contribution in [1.29, 1.82) is 0 Å². The molecule has 0 bridgehead atoms. The summed E-state index contributed by atoms with van der Waals surface area (Å²) in [6.07, 6.45) is 2.96. The zero-order valence-electron chi connectivity index (χ0n) is 12.8. The van der Waals surface area contributed by atoms with Gasteiger partial charge in [0.25, 0.3) is 0 Å². The maximum atomic E-state index is 4.47. The fourth-order valence-corrected chi connectivity index (χ4v) is 1.66. The van der Waals surface area contributed by atoms with Crippen LogP contribution in [0.2, 0.25) is 0 Å². The van der Waals surface area contributed by atoms with Crippen LogP contribution in [0.25, 0.3) is 0 Å². The van der Waals surface area contributed by atoms with Crippen LogP contribution in [0.15, 0.2) is 6.20 Å². The Kier molecular flexibility index (Phi) is 6.56. The molecular formula is C14H27N5. The Balaban J connectivity index is 2.42. The van der Waals surface area contributed by atoms with Gasteiger partial charge in [0, 0.05) is 30.9 Å². The first kappa shape index (κ1) is 15.7. The Morgan fingerprint density at radius 1 is 1.32 bits per heavy atom. The summed E-state index contributed by atoms with van der Waals surface area (Å²) in [4.78, 5) is 11.1. The SMILES string of the molecule is CCNc1ncc(C)c(NCCCN(C)C(C)C)n1. The van der Waals surface area contributed by atoms with Gasteiger partial charge in [0.05, 0.1) is 0 Å². The molecular weight excluding hydrogens is 238 g/mol. The van der Waals surface area contributed by atoms with Crippen molar-refractivity contribution in [2.75, 3.05) is 37.3 Å². The van der Waals surface area contributed by atoms with Crippen molar-refractivity contribution in [3.63, 3.8) is 0 Å². The Morgan fingerprint density at radius 3 is 2.68 bits per heavy atom.